The summed E-state index contributed by atoms with van der Waals surface area (Å²) >= 11 is 0. The van der Waals surface area contributed by atoms with Gasteiger partial charge in [-0.25, -0.2) is 0 Å². The maximum atomic E-state index is 13.3. The van der Waals surface area contributed by atoms with E-state index in [-0.39, 0.29) is 29.4 Å². The highest BCUT2D eigenvalue weighted by atomic mass is 16.6. The van der Waals surface area contributed by atoms with Crippen molar-refractivity contribution in [2.75, 3.05) is 6.61 Å². The molecular weight excluding hydrogens is 384 g/mol. The number of allylic oxidation sites excluding steroid dienone is 2. The average molecular weight is 415 g/mol. The van der Waals surface area contributed by atoms with Crippen molar-refractivity contribution in [1.29, 1.82) is 0 Å². The van der Waals surface area contributed by atoms with Crippen LogP contribution in [-0.2, 0) is 6.54 Å². The molecule has 0 aliphatic heterocycles. The first-order valence-corrected chi connectivity index (χ1v) is 10.4. The molecule has 1 aromatic carbocycles. The highest BCUT2D eigenvalue weighted by Crippen LogP contribution is 2.36. The van der Waals surface area contributed by atoms with E-state index in [4.69, 9.17) is 9.47 Å². The molecule has 0 aliphatic rings. The van der Waals surface area contributed by atoms with Gasteiger partial charge in [-0.1, -0.05) is 45.8 Å². The third-order valence-electron chi connectivity index (χ3n) is 4.86. The van der Waals surface area contributed by atoms with Gasteiger partial charge in [0, 0.05) is 30.5 Å². The minimum absolute atomic E-state index is 0.0725. The molecule has 0 unspecified atom stereocenters. The molecule has 0 bridgehead atoms. The molecule has 2 aromatic rings. The first kappa shape index (κ1) is 23.2. The van der Waals surface area contributed by atoms with E-state index < -0.39 is 4.92 Å². The molecule has 7 heteroatoms. The first-order valence-electron chi connectivity index (χ1n) is 10.4. The minimum Gasteiger partial charge on any atom is -0.481 e. The second-order valence-electron chi connectivity index (χ2n) is 6.94. The number of non-ortho nitro benzene ring substituents is 1. The largest absolute Gasteiger partial charge is 0.481 e. The van der Waals surface area contributed by atoms with Crippen LogP contribution in [0.2, 0.25) is 0 Å². The number of hydrogen-bond donors (Lipinski definition) is 0. The minimum atomic E-state index is -0.461. The molecule has 0 aliphatic carbocycles. The summed E-state index contributed by atoms with van der Waals surface area (Å²) in [6, 6.07) is 4.47. The number of fused-ring (bicyclic) bond motifs is 1. The van der Waals surface area contributed by atoms with Crippen LogP contribution < -0.4 is 15.0 Å². The molecular formula is C23H30N2O5. The molecule has 0 saturated heterocycles. The Morgan fingerprint density at radius 3 is 2.60 bits per heavy atom. The van der Waals surface area contributed by atoms with E-state index in [1.54, 1.807) is 16.7 Å². The van der Waals surface area contributed by atoms with Crippen molar-refractivity contribution in [3.63, 3.8) is 0 Å². The molecule has 1 heterocycles. The van der Waals surface area contributed by atoms with Gasteiger partial charge in [0.25, 0.3) is 11.2 Å². The molecule has 0 spiro atoms. The van der Waals surface area contributed by atoms with E-state index in [0.717, 1.165) is 25.7 Å². The fourth-order valence-electron chi connectivity index (χ4n) is 3.26. The summed E-state index contributed by atoms with van der Waals surface area (Å²) in [7, 11) is 0. The zero-order valence-electron chi connectivity index (χ0n) is 18.0. The highest BCUT2D eigenvalue weighted by Gasteiger charge is 2.22. The summed E-state index contributed by atoms with van der Waals surface area (Å²) in [5.74, 6) is 1.06. The Morgan fingerprint density at radius 2 is 2.00 bits per heavy atom. The second kappa shape index (κ2) is 11.2. The van der Waals surface area contributed by atoms with Crippen LogP contribution >= 0.6 is 0 Å². The predicted molar refractivity (Wildman–Crippen MR) is 119 cm³/mol. The SMILES string of the molecule is C=CCOc1c(OC(=CC)CC)c2ccc([N+](=O)[O-])cc2n(CCCCCC)c1=O. The topological polar surface area (TPSA) is 83.6 Å². The van der Waals surface area contributed by atoms with Gasteiger partial charge in [-0.3, -0.25) is 14.9 Å². The lowest BCUT2D eigenvalue weighted by atomic mass is 10.1. The number of aryl methyl sites for hydroxylation is 1. The van der Waals surface area contributed by atoms with Crippen LogP contribution in [0.15, 0.2) is 47.5 Å². The normalized spacial score (nSPS) is 11.5. The summed E-state index contributed by atoms with van der Waals surface area (Å²) in [6.07, 6.45) is 7.92. The number of pyridine rings is 1. The van der Waals surface area contributed by atoms with Gasteiger partial charge in [0.2, 0.25) is 5.75 Å². The smallest absolute Gasteiger partial charge is 0.297 e. The third-order valence-corrected chi connectivity index (χ3v) is 4.86. The van der Waals surface area contributed by atoms with E-state index in [1.165, 1.54) is 12.1 Å². The highest BCUT2D eigenvalue weighted by molar-refractivity contribution is 5.89. The molecule has 2 rings (SSSR count). The van der Waals surface area contributed by atoms with Crippen molar-refractivity contribution in [2.45, 2.75) is 59.4 Å². The Balaban J connectivity index is 2.76. The number of rotatable bonds is 12. The maximum absolute atomic E-state index is 13.3. The van der Waals surface area contributed by atoms with E-state index >= 15 is 0 Å². The van der Waals surface area contributed by atoms with Crippen LogP contribution in [-0.4, -0.2) is 16.1 Å². The summed E-state index contributed by atoms with van der Waals surface area (Å²) in [6.45, 7) is 10.2. The average Bonchev–Trinajstić information content (AvgIpc) is 2.75. The van der Waals surface area contributed by atoms with Gasteiger partial charge < -0.3 is 14.0 Å². The van der Waals surface area contributed by atoms with E-state index in [2.05, 4.69) is 13.5 Å². The van der Waals surface area contributed by atoms with E-state index in [9.17, 15) is 14.9 Å². The van der Waals surface area contributed by atoms with Gasteiger partial charge in [0.1, 0.15) is 6.61 Å². The third kappa shape index (κ3) is 5.28. The number of nitro groups is 1. The molecule has 0 fully saturated rings. The fourth-order valence-corrected chi connectivity index (χ4v) is 3.26. The summed E-state index contributed by atoms with van der Waals surface area (Å²) in [4.78, 5) is 24.2. The van der Waals surface area contributed by atoms with Gasteiger partial charge in [-0.2, -0.15) is 0 Å². The number of ether oxygens (including phenoxy) is 2. The van der Waals surface area contributed by atoms with Crippen molar-refractivity contribution in [3.05, 3.63) is 63.2 Å². The summed E-state index contributed by atoms with van der Waals surface area (Å²) in [5.41, 5.74) is 0.0396. The zero-order valence-corrected chi connectivity index (χ0v) is 18.0. The standard InChI is InChI=1S/C23H30N2O5/c1-5-9-10-11-14-24-20-16-17(25(27)28)12-13-19(20)21(30-18(7-3)8-4)22(23(24)26)29-15-6-2/h6-7,12-13,16H,2,5,8-11,14-15H2,1,3-4H3. The molecule has 0 N–H and O–H groups in total. The number of benzene rings is 1. The van der Waals surface area contributed by atoms with Gasteiger partial charge >= 0.3 is 0 Å². The van der Waals surface area contributed by atoms with Crippen molar-refractivity contribution in [1.82, 2.24) is 4.57 Å². The Morgan fingerprint density at radius 1 is 1.23 bits per heavy atom. The van der Waals surface area contributed by atoms with Gasteiger partial charge in [0.15, 0.2) is 5.75 Å². The van der Waals surface area contributed by atoms with Gasteiger partial charge in [-0.05, 0) is 25.5 Å². The molecule has 162 valence electrons. The number of hydrogen-bond acceptors (Lipinski definition) is 5. The van der Waals surface area contributed by atoms with Crippen LogP contribution in [0.3, 0.4) is 0 Å². The van der Waals surface area contributed by atoms with Crippen molar-refractivity contribution in [3.8, 4) is 11.5 Å². The fraction of sp³-hybridized carbons (Fsp3) is 0.435. The van der Waals surface area contributed by atoms with Gasteiger partial charge in [0.05, 0.1) is 16.2 Å². The van der Waals surface area contributed by atoms with Crippen molar-refractivity contribution >= 4 is 16.6 Å². The Bertz CT molecular complexity index is 991. The van der Waals surface area contributed by atoms with Crippen molar-refractivity contribution < 1.29 is 14.4 Å². The second-order valence-corrected chi connectivity index (χ2v) is 6.94. The van der Waals surface area contributed by atoms with Crippen LogP contribution in [0.25, 0.3) is 10.9 Å². The monoisotopic (exact) mass is 414 g/mol. The number of unbranched alkanes of at least 4 members (excludes halogenated alkanes) is 3. The van der Waals surface area contributed by atoms with Crippen LogP contribution in [0.1, 0.15) is 52.9 Å². The van der Waals surface area contributed by atoms with Crippen LogP contribution in [0, 0.1) is 10.1 Å². The first-order chi connectivity index (χ1) is 14.5. The Labute approximate surface area is 176 Å². The van der Waals surface area contributed by atoms with Crippen molar-refractivity contribution in [2.24, 2.45) is 0 Å². The predicted octanol–water partition coefficient (Wildman–Crippen LogP) is 5.75. The quantitative estimate of drug-likeness (QED) is 0.145. The lowest BCUT2D eigenvalue weighted by Gasteiger charge is -2.19. The number of nitro benzene ring substituents is 1. The number of aromatic nitrogens is 1. The van der Waals surface area contributed by atoms with E-state index in [1.807, 2.05) is 19.9 Å². The molecule has 0 saturated carbocycles. The maximum Gasteiger partial charge on any atom is 0.297 e. The zero-order chi connectivity index (χ0) is 22.1. The van der Waals surface area contributed by atoms with Crippen LogP contribution in [0.5, 0.6) is 11.5 Å². The van der Waals surface area contributed by atoms with E-state index in [0.29, 0.717) is 29.6 Å². The molecule has 30 heavy (non-hydrogen) atoms. The Hall–Kier alpha value is -3.09. The molecule has 0 amide bonds. The lowest BCUT2D eigenvalue weighted by Crippen LogP contribution is -2.24. The number of nitrogens with zero attached hydrogens (tertiary/aromatic N) is 2. The molecule has 1 aromatic heterocycles. The lowest BCUT2D eigenvalue weighted by molar-refractivity contribution is -0.384. The molecule has 0 radical (unpaired) electrons. The summed E-state index contributed by atoms with van der Waals surface area (Å²) in [5, 5.41) is 11.9. The van der Waals surface area contributed by atoms with Gasteiger partial charge in [-0.15, -0.1) is 0 Å². The Kier molecular flexibility index (Phi) is 8.65. The van der Waals surface area contributed by atoms with Crippen LogP contribution in [0.4, 0.5) is 5.69 Å². The molecule has 0 atom stereocenters. The molecule has 7 nitrogen and oxygen atoms in total. The summed E-state index contributed by atoms with van der Waals surface area (Å²) < 4.78 is 13.3.